The lowest BCUT2D eigenvalue weighted by Crippen LogP contribution is -2.47. The average molecular weight is 241 g/mol. The normalized spacial score (nSPS) is 29.9. The average Bonchev–Trinajstić information content (AvgIpc) is 2.25. The van der Waals surface area contributed by atoms with E-state index >= 15 is 0 Å². The van der Waals surface area contributed by atoms with Crippen LogP contribution < -0.4 is 0 Å². The van der Waals surface area contributed by atoms with Crippen LogP contribution in [0.3, 0.4) is 0 Å². The van der Waals surface area contributed by atoms with Crippen molar-refractivity contribution in [3.8, 4) is 0 Å². The van der Waals surface area contributed by atoms with Gasteiger partial charge in [0.1, 0.15) is 0 Å². The second-order valence-electron chi connectivity index (χ2n) is 5.85. The summed E-state index contributed by atoms with van der Waals surface area (Å²) in [6.45, 7) is 9.92. The highest BCUT2D eigenvalue weighted by atomic mass is 16.4. The topological polar surface area (TPSA) is 40.5 Å². The Morgan fingerprint density at radius 1 is 1.41 bits per heavy atom. The van der Waals surface area contributed by atoms with E-state index < -0.39 is 5.97 Å². The van der Waals surface area contributed by atoms with Crippen LogP contribution in [0.25, 0.3) is 0 Å². The van der Waals surface area contributed by atoms with Crippen LogP contribution >= 0.6 is 0 Å². The zero-order chi connectivity index (χ0) is 13.0. The van der Waals surface area contributed by atoms with Crippen molar-refractivity contribution in [2.24, 2.45) is 17.8 Å². The molecule has 0 saturated heterocycles. The van der Waals surface area contributed by atoms with Crippen molar-refractivity contribution in [3.63, 3.8) is 0 Å². The number of hydrogen-bond donors (Lipinski definition) is 1. The molecule has 0 aromatic carbocycles. The Morgan fingerprint density at radius 2 is 2.06 bits per heavy atom. The molecule has 1 N–H and O–H groups in total. The molecule has 1 aliphatic carbocycles. The third-order valence-electron chi connectivity index (χ3n) is 4.20. The van der Waals surface area contributed by atoms with E-state index in [-0.39, 0.29) is 6.54 Å². The van der Waals surface area contributed by atoms with Crippen molar-refractivity contribution >= 4 is 5.97 Å². The Hall–Kier alpha value is -0.570. The van der Waals surface area contributed by atoms with Gasteiger partial charge in [-0.25, -0.2) is 0 Å². The molecule has 1 saturated carbocycles. The van der Waals surface area contributed by atoms with Gasteiger partial charge in [-0.05, 0) is 37.1 Å². The lowest BCUT2D eigenvalue weighted by molar-refractivity contribution is -0.139. The molecule has 0 heterocycles. The quantitative estimate of drug-likeness (QED) is 0.804. The van der Waals surface area contributed by atoms with E-state index in [1.54, 1.807) is 0 Å². The number of carboxylic acid groups (broad SMARTS) is 1. The number of carbonyl (C=O) groups is 1. The van der Waals surface area contributed by atoms with Crippen LogP contribution in [0.1, 0.15) is 47.0 Å². The van der Waals surface area contributed by atoms with Gasteiger partial charge in [0.15, 0.2) is 0 Å². The summed E-state index contributed by atoms with van der Waals surface area (Å²) < 4.78 is 0. The van der Waals surface area contributed by atoms with E-state index in [9.17, 15) is 4.79 Å². The summed E-state index contributed by atoms with van der Waals surface area (Å²) >= 11 is 0. The van der Waals surface area contributed by atoms with Crippen molar-refractivity contribution in [1.82, 2.24) is 4.90 Å². The van der Waals surface area contributed by atoms with Crippen LogP contribution in [-0.2, 0) is 4.79 Å². The summed E-state index contributed by atoms with van der Waals surface area (Å²) in [5, 5.41) is 8.99. The number of carboxylic acids is 1. The third kappa shape index (κ3) is 3.98. The highest BCUT2D eigenvalue weighted by molar-refractivity contribution is 5.69. The summed E-state index contributed by atoms with van der Waals surface area (Å²) in [6, 6.07) is 0.458. The van der Waals surface area contributed by atoms with Gasteiger partial charge in [0.05, 0.1) is 6.54 Å². The molecule has 0 aromatic rings. The monoisotopic (exact) mass is 241 g/mol. The molecule has 3 unspecified atom stereocenters. The molecule has 0 bridgehead atoms. The van der Waals surface area contributed by atoms with Crippen molar-refractivity contribution in [2.75, 3.05) is 13.1 Å². The first-order valence-corrected chi connectivity index (χ1v) is 6.91. The van der Waals surface area contributed by atoms with Gasteiger partial charge in [-0.15, -0.1) is 0 Å². The molecule has 3 heteroatoms. The summed E-state index contributed by atoms with van der Waals surface area (Å²) in [4.78, 5) is 13.1. The molecule has 0 aromatic heterocycles. The number of nitrogens with zero attached hydrogens (tertiary/aromatic N) is 1. The lowest BCUT2D eigenvalue weighted by atomic mass is 9.73. The molecule has 1 aliphatic rings. The molecule has 0 spiro atoms. The van der Waals surface area contributed by atoms with Crippen molar-refractivity contribution in [3.05, 3.63) is 0 Å². The van der Waals surface area contributed by atoms with E-state index in [0.717, 1.165) is 18.9 Å². The van der Waals surface area contributed by atoms with Gasteiger partial charge in [-0.1, -0.05) is 34.1 Å². The minimum atomic E-state index is -0.701. The minimum absolute atomic E-state index is 0.192. The second kappa shape index (κ2) is 6.39. The Balaban J connectivity index is 2.75. The predicted octanol–water partition coefficient (Wildman–Crippen LogP) is 2.85. The first-order chi connectivity index (χ1) is 7.95. The molecule has 17 heavy (non-hydrogen) atoms. The van der Waals surface area contributed by atoms with Crippen molar-refractivity contribution < 1.29 is 9.90 Å². The maximum atomic E-state index is 10.9. The maximum absolute atomic E-state index is 10.9. The number of likely N-dealkylation sites (N-methyl/N-ethyl adjacent to an activating group) is 1. The van der Waals surface area contributed by atoms with Gasteiger partial charge >= 0.3 is 5.97 Å². The van der Waals surface area contributed by atoms with Crippen LogP contribution in [0.5, 0.6) is 0 Å². The van der Waals surface area contributed by atoms with Crippen LogP contribution in [0.15, 0.2) is 0 Å². The highest BCUT2D eigenvalue weighted by Crippen LogP contribution is 2.36. The molecule has 1 rings (SSSR count). The standard InChI is InChI=1S/C14H27NO2/c1-5-15(9-14(16)17)13-8-11(4)6-7-12(13)10(2)3/h10-13H,5-9H2,1-4H3,(H,16,17). The summed E-state index contributed by atoms with van der Waals surface area (Å²) in [6.07, 6.45) is 3.70. The molecule has 3 nitrogen and oxygen atoms in total. The molecular formula is C14H27NO2. The Bertz CT molecular complexity index is 253. The van der Waals surface area contributed by atoms with Crippen LogP contribution in [0, 0.1) is 17.8 Å². The Labute approximate surface area is 105 Å². The summed E-state index contributed by atoms with van der Waals surface area (Å²) in [5.41, 5.74) is 0. The van der Waals surface area contributed by atoms with Gasteiger partial charge in [0.25, 0.3) is 0 Å². The van der Waals surface area contributed by atoms with E-state index in [1.807, 2.05) is 0 Å². The second-order valence-corrected chi connectivity index (χ2v) is 5.85. The van der Waals surface area contributed by atoms with Crippen LogP contribution in [-0.4, -0.2) is 35.1 Å². The first-order valence-electron chi connectivity index (χ1n) is 6.91. The SMILES string of the molecule is CCN(CC(=O)O)C1CC(C)CCC1C(C)C. The van der Waals surface area contributed by atoms with E-state index in [1.165, 1.54) is 12.8 Å². The summed E-state index contributed by atoms with van der Waals surface area (Å²) in [5.74, 6) is 1.34. The molecule has 0 aliphatic heterocycles. The first kappa shape index (κ1) is 14.5. The largest absolute Gasteiger partial charge is 0.480 e. The fourth-order valence-electron chi connectivity index (χ4n) is 3.21. The zero-order valence-electron chi connectivity index (χ0n) is 11.6. The number of aliphatic carboxylic acids is 1. The molecule has 100 valence electrons. The van der Waals surface area contributed by atoms with Gasteiger partial charge in [-0.2, -0.15) is 0 Å². The van der Waals surface area contributed by atoms with E-state index in [4.69, 9.17) is 5.11 Å². The van der Waals surface area contributed by atoms with Gasteiger partial charge in [0.2, 0.25) is 0 Å². The molecular weight excluding hydrogens is 214 g/mol. The molecule has 3 atom stereocenters. The fourth-order valence-corrected chi connectivity index (χ4v) is 3.21. The smallest absolute Gasteiger partial charge is 0.317 e. The zero-order valence-corrected chi connectivity index (χ0v) is 11.6. The predicted molar refractivity (Wildman–Crippen MR) is 70.0 cm³/mol. The van der Waals surface area contributed by atoms with Gasteiger partial charge in [0, 0.05) is 6.04 Å². The Kier molecular flexibility index (Phi) is 5.44. The Morgan fingerprint density at radius 3 is 2.53 bits per heavy atom. The number of hydrogen-bond acceptors (Lipinski definition) is 2. The van der Waals surface area contributed by atoms with Crippen molar-refractivity contribution in [1.29, 1.82) is 0 Å². The maximum Gasteiger partial charge on any atom is 0.317 e. The van der Waals surface area contributed by atoms with Gasteiger partial charge in [-0.3, -0.25) is 9.69 Å². The molecule has 0 radical (unpaired) electrons. The minimum Gasteiger partial charge on any atom is -0.480 e. The van der Waals surface area contributed by atoms with E-state index in [2.05, 4.69) is 32.6 Å². The molecule has 0 amide bonds. The fraction of sp³-hybridized carbons (Fsp3) is 0.929. The lowest BCUT2D eigenvalue weighted by Gasteiger charge is -2.43. The van der Waals surface area contributed by atoms with Crippen LogP contribution in [0.2, 0.25) is 0 Å². The van der Waals surface area contributed by atoms with E-state index in [0.29, 0.717) is 17.9 Å². The van der Waals surface area contributed by atoms with Gasteiger partial charge < -0.3 is 5.11 Å². The van der Waals surface area contributed by atoms with Crippen LogP contribution in [0.4, 0.5) is 0 Å². The molecule has 1 fully saturated rings. The number of rotatable bonds is 5. The van der Waals surface area contributed by atoms with Crippen molar-refractivity contribution in [2.45, 2.75) is 53.0 Å². The third-order valence-corrected chi connectivity index (χ3v) is 4.20. The summed E-state index contributed by atoms with van der Waals surface area (Å²) in [7, 11) is 0. The highest BCUT2D eigenvalue weighted by Gasteiger charge is 2.34.